The van der Waals surface area contributed by atoms with Gasteiger partial charge in [-0.25, -0.2) is 4.39 Å². The highest BCUT2D eigenvalue weighted by Crippen LogP contribution is 2.05. The van der Waals surface area contributed by atoms with E-state index in [4.69, 9.17) is 0 Å². The second kappa shape index (κ2) is 3.83. The summed E-state index contributed by atoms with van der Waals surface area (Å²) in [4.78, 5) is 0. The Morgan fingerprint density at radius 1 is 1.44 bits per heavy atom. The predicted molar refractivity (Wildman–Crippen MR) is 38.3 cm³/mol. The fourth-order valence-corrected chi connectivity index (χ4v) is 0.511. The van der Waals surface area contributed by atoms with Gasteiger partial charge in [0.05, 0.1) is 0 Å². The first-order chi connectivity index (χ1) is 4.12. The molecule has 0 atom stereocenters. The number of halogens is 1. The molecule has 0 bridgehead atoms. The third-order valence-corrected chi connectivity index (χ3v) is 1.58. The number of rotatable bonds is 4. The minimum absolute atomic E-state index is 0.103. The molecule has 9 heavy (non-hydrogen) atoms. The SMILES string of the molecule is CCC(C)(C)NCCF. The minimum atomic E-state index is -0.274. The molecule has 56 valence electrons. The Hall–Kier alpha value is -0.110. The molecule has 0 fully saturated rings. The van der Waals surface area contributed by atoms with E-state index in [9.17, 15) is 4.39 Å². The van der Waals surface area contributed by atoms with E-state index in [0.717, 1.165) is 6.42 Å². The van der Waals surface area contributed by atoms with Crippen molar-refractivity contribution in [3.05, 3.63) is 0 Å². The van der Waals surface area contributed by atoms with Crippen LogP contribution in [-0.4, -0.2) is 18.8 Å². The van der Waals surface area contributed by atoms with E-state index in [0.29, 0.717) is 6.54 Å². The molecule has 0 radical (unpaired) electrons. The van der Waals surface area contributed by atoms with Crippen molar-refractivity contribution in [1.29, 1.82) is 0 Å². The predicted octanol–water partition coefficient (Wildman–Crippen LogP) is 1.73. The molecular weight excluding hydrogens is 117 g/mol. The lowest BCUT2D eigenvalue weighted by molar-refractivity contribution is 0.348. The second-order valence-electron chi connectivity index (χ2n) is 2.85. The number of nitrogens with one attached hydrogen (secondary N) is 1. The van der Waals surface area contributed by atoms with Crippen LogP contribution >= 0.6 is 0 Å². The topological polar surface area (TPSA) is 12.0 Å². The van der Waals surface area contributed by atoms with E-state index < -0.39 is 0 Å². The van der Waals surface area contributed by atoms with Crippen molar-refractivity contribution < 1.29 is 4.39 Å². The maximum absolute atomic E-state index is 11.6. The van der Waals surface area contributed by atoms with E-state index >= 15 is 0 Å². The van der Waals surface area contributed by atoms with Crippen molar-refractivity contribution in [1.82, 2.24) is 5.32 Å². The molecule has 0 aromatic rings. The molecule has 0 saturated carbocycles. The molecule has 0 spiro atoms. The van der Waals surface area contributed by atoms with Crippen molar-refractivity contribution in [2.45, 2.75) is 32.7 Å². The molecule has 0 aliphatic carbocycles. The van der Waals surface area contributed by atoms with Crippen molar-refractivity contribution >= 4 is 0 Å². The second-order valence-corrected chi connectivity index (χ2v) is 2.85. The lowest BCUT2D eigenvalue weighted by Gasteiger charge is -2.23. The van der Waals surface area contributed by atoms with Crippen LogP contribution in [0.2, 0.25) is 0 Å². The van der Waals surface area contributed by atoms with Crippen LogP contribution in [0, 0.1) is 0 Å². The Labute approximate surface area is 56.6 Å². The number of alkyl halides is 1. The molecule has 0 aliphatic heterocycles. The van der Waals surface area contributed by atoms with Crippen LogP contribution in [0.5, 0.6) is 0 Å². The fourth-order valence-electron chi connectivity index (χ4n) is 0.511. The molecule has 0 heterocycles. The van der Waals surface area contributed by atoms with Gasteiger partial charge in [-0.3, -0.25) is 0 Å². The molecule has 0 unspecified atom stereocenters. The monoisotopic (exact) mass is 133 g/mol. The standard InChI is InChI=1S/C7H16FN/c1-4-7(2,3)9-6-5-8/h9H,4-6H2,1-3H3. The zero-order valence-electron chi connectivity index (χ0n) is 6.50. The largest absolute Gasteiger partial charge is 0.309 e. The summed E-state index contributed by atoms with van der Waals surface area (Å²) in [5, 5.41) is 3.08. The third-order valence-electron chi connectivity index (χ3n) is 1.58. The van der Waals surface area contributed by atoms with Crippen molar-refractivity contribution in [3.63, 3.8) is 0 Å². The van der Waals surface area contributed by atoms with Crippen LogP contribution < -0.4 is 5.32 Å². The minimum Gasteiger partial charge on any atom is -0.309 e. The number of hydrogen-bond acceptors (Lipinski definition) is 1. The summed E-state index contributed by atoms with van der Waals surface area (Å²) >= 11 is 0. The molecule has 2 heteroatoms. The first-order valence-corrected chi connectivity index (χ1v) is 3.43. The van der Waals surface area contributed by atoms with Gasteiger partial charge in [-0.1, -0.05) is 6.92 Å². The maximum atomic E-state index is 11.6. The van der Waals surface area contributed by atoms with Crippen LogP contribution in [0.4, 0.5) is 4.39 Å². The normalized spacial score (nSPS) is 12.0. The summed E-state index contributed by atoms with van der Waals surface area (Å²) in [6.45, 7) is 6.43. The van der Waals surface area contributed by atoms with Crippen LogP contribution in [0.25, 0.3) is 0 Å². The maximum Gasteiger partial charge on any atom is 0.102 e. The van der Waals surface area contributed by atoms with Gasteiger partial charge in [0.25, 0.3) is 0 Å². The Kier molecular flexibility index (Phi) is 3.78. The summed E-state index contributed by atoms with van der Waals surface area (Å²) in [5.41, 5.74) is 0.103. The average molecular weight is 133 g/mol. The Morgan fingerprint density at radius 3 is 2.33 bits per heavy atom. The Morgan fingerprint density at radius 2 is 2.00 bits per heavy atom. The van der Waals surface area contributed by atoms with Gasteiger partial charge in [-0.2, -0.15) is 0 Å². The average Bonchev–Trinajstić information content (AvgIpc) is 1.84. The quantitative estimate of drug-likeness (QED) is 0.616. The van der Waals surface area contributed by atoms with Crippen LogP contribution in [0.1, 0.15) is 27.2 Å². The molecule has 0 amide bonds. The van der Waals surface area contributed by atoms with Gasteiger partial charge >= 0.3 is 0 Å². The zero-order valence-corrected chi connectivity index (χ0v) is 6.50. The molecular formula is C7H16FN. The molecule has 0 aromatic heterocycles. The Bertz CT molecular complexity index is 71.3. The molecule has 0 rings (SSSR count). The van der Waals surface area contributed by atoms with Crippen LogP contribution in [0.3, 0.4) is 0 Å². The summed E-state index contributed by atoms with van der Waals surface area (Å²) in [6.07, 6.45) is 1.03. The first-order valence-electron chi connectivity index (χ1n) is 3.43. The summed E-state index contributed by atoms with van der Waals surface area (Å²) in [6, 6.07) is 0. The molecule has 0 saturated heterocycles. The van der Waals surface area contributed by atoms with Crippen LogP contribution in [0.15, 0.2) is 0 Å². The van der Waals surface area contributed by atoms with E-state index in [1.165, 1.54) is 0 Å². The highest BCUT2D eigenvalue weighted by atomic mass is 19.1. The molecule has 1 nitrogen and oxygen atoms in total. The summed E-state index contributed by atoms with van der Waals surface area (Å²) in [5.74, 6) is 0. The van der Waals surface area contributed by atoms with Crippen molar-refractivity contribution in [3.8, 4) is 0 Å². The highest BCUT2D eigenvalue weighted by Gasteiger charge is 2.11. The third kappa shape index (κ3) is 4.40. The van der Waals surface area contributed by atoms with E-state index in [1.807, 2.05) is 0 Å². The van der Waals surface area contributed by atoms with Gasteiger partial charge in [0.1, 0.15) is 6.67 Å². The van der Waals surface area contributed by atoms with Gasteiger partial charge in [-0.05, 0) is 20.3 Å². The summed E-state index contributed by atoms with van der Waals surface area (Å²) < 4.78 is 11.6. The lowest BCUT2D eigenvalue weighted by atomic mass is 10.0. The molecule has 0 aliphatic rings. The van der Waals surface area contributed by atoms with E-state index in [2.05, 4.69) is 26.1 Å². The van der Waals surface area contributed by atoms with Gasteiger partial charge < -0.3 is 5.32 Å². The fraction of sp³-hybridized carbons (Fsp3) is 1.00. The number of hydrogen-bond donors (Lipinski definition) is 1. The van der Waals surface area contributed by atoms with E-state index in [-0.39, 0.29) is 12.2 Å². The lowest BCUT2D eigenvalue weighted by Crippen LogP contribution is -2.39. The smallest absolute Gasteiger partial charge is 0.102 e. The molecule has 0 aromatic carbocycles. The van der Waals surface area contributed by atoms with Gasteiger partial charge in [0.2, 0.25) is 0 Å². The van der Waals surface area contributed by atoms with Crippen molar-refractivity contribution in [2.24, 2.45) is 0 Å². The Balaban J connectivity index is 3.33. The zero-order chi connectivity index (χ0) is 7.33. The molecule has 1 N–H and O–H groups in total. The van der Waals surface area contributed by atoms with Gasteiger partial charge in [-0.15, -0.1) is 0 Å². The van der Waals surface area contributed by atoms with Gasteiger partial charge in [0, 0.05) is 12.1 Å². The van der Waals surface area contributed by atoms with Crippen LogP contribution in [-0.2, 0) is 0 Å². The summed E-state index contributed by atoms with van der Waals surface area (Å²) in [7, 11) is 0. The van der Waals surface area contributed by atoms with Gasteiger partial charge in [0.15, 0.2) is 0 Å². The highest BCUT2D eigenvalue weighted by molar-refractivity contribution is 4.74. The van der Waals surface area contributed by atoms with E-state index in [1.54, 1.807) is 0 Å². The van der Waals surface area contributed by atoms with Crippen molar-refractivity contribution in [2.75, 3.05) is 13.2 Å². The first kappa shape index (κ1) is 8.89.